The Labute approximate surface area is 358 Å². The number of hydrogen-bond acceptors (Lipinski definition) is 1. The highest BCUT2D eigenvalue weighted by molar-refractivity contribution is 6.18. The molecule has 3 nitrogen and oxygen atoms in total. The molecule has 0 aliphatic rings. The van der Waals surface area contributed by atoms with Gasteiger partial charge in [-0.15, -0.1) is 0 Å². The molecule has 266 valence electrons. The summed E-state index contributed by atoms with van der Waals surface area (Å²) in [4.78, 5) is 0. The van der Waals surface area contributed by atoms with Crippen molar-refractivity contribution in [2.45, 2.75) is 0 Å². The Hall–Kier alpha value is -7.62. The molecular formula is C54H34N2O. The van der Waals surface area contributed by atoms with Gasteiger partial charge < -0.3 is 13.6 Å². The van der Waals surface area contributed by atoms with Crippen molar-refractivity contribution in [3.8, 4) is 44.8 Å². The fourth-order valence-electron chi connectivity index (χ4n) is 7.70. The predicted octanol–water partition coefficient (Wildman–Crippen LogP) is 14.8. The lowest BCUT2D eigenvalue weighted by atomic mass is 9.98. The molecule has 0 bridgehead atoms. The number of furan rings is 1. The lowest BCUT2D eigenvalue weighted by molar-refractivity contribution is 0.669. The summed E-state index contributed by atoms with van der Waals surface area (Å²) in [7, 11) is 0. The topological polar surface area (TPSA) is 23.0 Å². The van der Waals surface area contributed by atoms with E-state index in [-0.39, 0.29) is 82.9 Å². The zero-order chi connectivity index (χ0) is 55.7. The second-order valence-corrected chi connectivity index (χ2v) is 13.3. The summed E-state index contributed by atoms with van der Waals surface area (Å²) in [6.07, 6.45) is 0. The third-order valence-electron chi connectivity index (χ3n) is 10.2. The quantitative estimate of drug-likeness (QED) is 0.172. The van der Waals surface area contributed by atoms with Gasteiger partial charge in [-0.2, -0.15) is 0 Å². The van der Waals surface area contributed by atoms with E-state index in [2.05, 4.69) is 0 Å². The van der Waals surface area contributed by atoms with Gasteiger partial charge in [0.05, 0.1) is 50.9 Å². The minimum atomic E-state index is -0.788. The van der Waals surface area contributed by atoms with Crippen molar-refractivity contribution in [1.29, 1.82) is 0 Å². The number of hydrogen-bond donors (Lipinski definition) is 0. The number of nitrogens with zero attached hydrogens (tertiary/aromatic N) is 2. The van der Waals surface area contributed by atoms with Crippen LogP contribution in [0.4, 0.5) is 0 Å². The van der Waals surface area contributed by atoms with Crippen LogP contribution < -0.4 is 0 Å². The second-order valence-electron chi connectivity index (χ2n) is 13.3. The molecular weight excluding hydrogens is 693 g/mol. The largest absolute Gasteiger partial charge is 0.456 e. The van der Waals surface area contributed by atoms with Crippen LogP contribution in [0.2, 0.25) is 0 Å². The van der Waals surface area contributed by atoms with E-state index < -0.39 is 137 Å². The zero-order valence-electron chi connectivity index (χ0n) is 50.3. The van der Waals surface area contributed by atoms with Crippen molar-refractivity contribution in [1.82, 2.24) is 9.13 Å². The monoisotopic (exact) mass is 747 g/mol. The number of benzene rings is 9. The molecule has 0 atom stereocenters. The average molecular weight is 748 g/mol. The molecule has 0 fully saturated rings. The highest BCUT2D eigenvalue weighted by Crippen LogP contribution is 2.43. The van der Waals surface area contributed by atoms with Gasteiger partial charge in [0.2, 0.25) is 0 Å². The van der Waals surface area contributed by atoms with Gasteiger partial charge in [0, 0.05) is 43.7 Å². The summed E-state index contributed by atoms with van der Waals surface area (Å²) >= 11 is 0. The Kier molecular flexibility index (Phi) is 3.81. The molecule has 57 heavy (non-hydrogen) atoms. The first-order valence-corrected chi connectivity index (χ1v) is 17.8. The maximum Gasteiger partial charge on any atom is 0.136 e. The van der Waals surface area contributed by atoms with Crippen LogP contribution in [-0.4, -0.2) is 9.13 Å². The lowest BCUT2D eigenvalue weighted by Gasteiger charge is -2.11. The Morgan fingerprint density at radius 2 is 1.07 bits per heavy atom. The van der Waals surface area contributed by atoms with Gasteiger partial charge in [0.1, 0.15) is 11.2 Å². The molecule has 9 aromatic carbocycles. The fourth-order valence-corrected chi connectivity index (χ4v) is 7.70. The van der Waals surface area contributed by atoms with Crippen LogP contribution in [-0.2, 0) is 0 Å². The number of fused-ring (bicyclic) bond motifs is 9. The van der Waals surface area contributed by atoms with Gasteiger partial charge in [-0.1, -0.05) is 139 Å². The van der Waals surface area contributed by atoms with Crippen LogP contribution in [0.3, 0.4) is 0 Å². The minimum Gasteiger partial charge on any atom is -0.456 e. The molecule has 12 aromatic rings. The normalized spacial score (nSPS) is 17.0. The van der Waals surface area contributed by atoms with Gasteiger partial charge >= 0.3 is 0 Å². The smallest absolute Gasteiger partial charge is 0.136 e. The molecule has 0 unspecified atom stereocenters. The minimum absolute atomic E-state index is 0.00447. The lowest BCUT2D eigenvalue weighted by Crippen LogP contribution is -1.94. The second kappa shape index (κ2) is 12.5. The number of aromatic nitrogens is 2. The van der Waals surface area contributed by atoms with Crippen LogP contribution in [0.1, 0.15) is 28.8 Å². The maximum absolute atomic E-state index is 10.1. The van der Waals surface area contributed by atoms with Gasteiger partial charge in [-0.3, -0.25) is 0 Å². The molecule has 0 saturated carbocycles. The van der Waals surface area contributed by atoms with Crippen LogP contribution in [0.25, 0.3) is 110 Å². The summed E-state index contributed by atoms with van der Waals surface area (Å²) in [5.74, 6) is 0. The summed E-state index contributed by atoms with van der Waals surface area (Å²) in [6, 6.07) is 8.42. The molecule has 0 saturated heterocycles. The van der Waals surface area contributed by atoms with Crippen molar-refractivity contribution in [3.63, 3.8) is 0 Å². The van der Waals surface area contributed by atoms with Crippen molar-refractivity contribution < 1.29 is 33.2 Å². The van der Waals surface area contributed by atoms with Crippen molar-refractivity contribution in [2.75, 3.05) is 0 Å². The molecule has 0 N–H and O–H groups in total. The van der Waals surface area contributed by atoms with E-state index in [1.807, 2.05) is 30.3 Å². The Balaban J connectivity index is 1.23. The van der Waals surface area contributed by atoms with E-state index in [0.717, 1.165) is 15.7 Å². The van der Waals surface area contributed by atoms with E-state index in [0.29, 0.717) is 5.69 Å². The van der Waals surface area contributed by atoms with E-state index in [1.165, 1.54) is 28.8 Å². The first kappa shape index (κ1) is 17.5. The highest BCUT2D eigenvalue weighted by atomic mass is 16.3. The van der Waals surface area contributed by atoms with Gasteiger partial charge in [-0.25, -0.2) is 0 Å². The molecule has 12 rings (SSSR count). The standard InChI is InChI=1S/C54H34N2O/c1-3-13-35(14-4-1)36-25-28-39(29-26-36)55-48-22-10-8-18-44(48)53-42(19-11-23-50(53)55)38-27-31-49-45(33-38)43-17-7-9-21-47(43)56(49)40-30-32-51-46(34-40)54-41(20-12-24-52(54)57-51)37-15-5-2-6-16-37/h1-34H/i2D,5D,7D,8D,9D,10D,11D,12D,15D,17D,19D,20D,21D,22D,23D,24D,27D,30D,31D,32D,33D. The van der Waals surface area contributed by atoms with Gasteiger partial charge in [0.15, 0.2) is 0 Å². The first-order valence-electron chi connectivity index (χ1n) is 28.3. The molecule has 3 aromatic heterocycles. The molecule has 3 heteroatoms. The molecule has 0 amide bonds. The summed E-state index contributed by atoms with van der Waals surface area (Å²) < 4.78 is 201. The van der Waals surface area contributed by atoms with E-state index in [4.69, 9.17) is 18.1 Å². The maximum atomic E-state index is 10.1. The van der Waals surface area contributed by atoms with Crippen LogP contribution >= 0.6 is 0 Å². The zero-order valence-corrected chi connectivity index (χ0v) is 29.3. The van der Waals surface area contributed by atoms with E-state index >= 15 is 0 Å². The van der Waals surface area contributed by atoms with Crippen LogP contribution in [0, 0.1) is 0 Å². The van der Waals surface area contributed by atoms with Gasteiger partial charge in [-0.05, 0) is 99.9 Å². The molecule has 0 radical (unpaired) electrons. The highest BCUT2D eigenvalue weighted by Gasteiger charge is 2.20. The molecule has 0 aliphatic carbocycles. The Bertz CT molecular complexity index is 4740. The van der Waals surface area contributed by atoms with Crippen LogP contribution in [0.15, 0.2) is 210 Å². The van der Waals surface area contributed by atoms with E-state index in [1.54, 1.807) is 24.3 Å². The van der Waals surface area contributed by atoms with Crippen molar-refractivity contribution in [2.24, 2.45) is 0 Å². The third-order valence-corrected chi connectivity index (χ3v) is 10.2. The molecule has 0 spiro atoms. The SMILES string of the molecule is [2H]c1ccc(-c2c([2H])c([2H])c([2H])c3oc4c([2H])c([2H])c(-n5c6c([2H])c([2H])c([2H])c([2H])c6c6c([2H])c(-c7c([2H])c([2H])c([2H])c8c7c7cc([2H])c([2H])c([2H])c7n8-c7ccc(-c8ccccc8)cc7)c([2H])c([2H])c65)cc4c23)c([2H])c1[2H]. The fraction of sp³-hybridized carbons (Fsp3) is 0. The molecule has 3 heterocycles. The molecule has 0 aliphatic heterocycles. The van der Waals surface area contributed by atoms with Crippen molar-refractivity contribution in [3.05, 3.63) is 206 Å². The van der Waals surface area contributed by atoms with Gasteiger partial charge in [0.25, 0.3) is 0 Å². The summed E-state index contributed by atoms with van der Waals surface area (Å²) in [6.45, 7) is 0. The third kappa shape index (κ3) is 4.86. The van der Waals surface area contributed by atoms with Crippen LogP contribution in [0.5, 0.6) is 0 Å². The average Bonchev–Trinajstić information content (AvgIpc) is 3.19. The Morgan fingerprint density at radius 1 is 0.368 bits per heavy atom. The number of rotatable bonds is 5. The summed E-state index contributed by atoms with van der Waals surface area (Å²) in [5.41, 5.74) is -1.11. The first-order chi connectivity index (χ1) is 37.0. The van der Waals surface area contributed by atoms with Crippen molar-refractivity contribution >= 4 is 65.6 Å². The number of para-hydroxylation sites is 2. The Morgan fingerprint density at radius 3 is 1.96 bits per heavy atom. The summed E-state index contributed by atoms with van der Waals surface area (Å²) in [5, 5.41) is -1.03. The predicted molar refractivity (Wildman–Crippen MR) is 239 cm³/mol. The van der Waals surface area contributed by atoms with E-state index in [9.17, 15) is 15.1 Å².